The minimum Gasteiger partial charge on any atom is -0.375 e. The zero-order valence-electron chi connectivity index (χ0n) is 11.2. The first kappa shape index (κ1) is 17.7. The van der Waals surface area contributed by atoms with E-state index in [1.54, 1.807) is 6.92 Å². The number of aromatic nitrogens is 2. The summed E-state index contributed by atoms with van der Waals surface area (Å²) in [6.45, 7) is 1.64. The predicted octanol–water partition coefficient (Wildman–Crippen LogP) is 1.18. The molecule has 1 aromatic heterocycles. The van der Waals surface area contributed by atoms with Gasteiger partial charge in [0.15, 0.2) is 0 Å². The fourth-order valence-electron chi connectivity index (χ4n) is 1.95. The Morgan fingerprint density at radius 3 is 2.95 bits per heavy atom. The lowest BCUT2D eigenvalue weighted by Crippen LogP contribution is -2.53. The van der Waals surface area contributed by atoms with Crippen LogP contribution >= 0.6 is 12.4 Å². The number of halogens is 4. The average Bonchev–Trinajstić information content (AvgIpc) is 2.74. The van der Waals surface area contributed by atoms with Crippen LogP contribution in [0.25, 0.3) is 0 Å². The zero-order chi connectivity index (χ0) is 14.8. The Morgan fingerprint density at radius 2 is 2.33 bits per heavy atom. The first-order valence-corrected chi connectivity index (χ1v) is 6.10. The van der Waals surface area contributed by atoms with E-state index in [9.17, 15) is 18.0 Å². The molecule has 1 amide bonds. The molecule has 10 heteroatoms. The quantitative estimate of drug-likeness (QED) is 0.874. The summed E-state index contributed by atoms with van der Waals surface area (Å²) in [4.78, 5) is 12.0. The van der Waals surface area contributed by atoms with Gasteiger partial charge in [0.2, 0.25) is 5.91 Å². The molecule has 120 valence electrons. The van der Waals surface area contributed by atoms with E-state index in [0.29, 0.717) is 13.2 Å². The van der Waals surface area contributed by atoms with E-state index in [0.717, 1.165) is 10.9 Å². The van der Waals surface area contributed by atoms with Gasteiger partial charge in [0.1, 0.15) is 12.6 Å². The maximum atomic E-state index is 12.2. The molecule has 2 heterocycles. The van der Waals surface area contributed by atoms with Gasteiger partial charge in [-0.2, -0.15) is 18.3 Å². The van der Waals surface area contributed by atoms with Gasteiger partial charge >= 0.3 is 6.18 Å². The van der Waals surface area contributed by atoms with Crippen LogP contribution < -0.4 is 10.6 Å². The number of hydrogen-bond acceptors (Lipinski definition) is 4. The predicted molar refractivity (Wildman–Crippen MR) is 71.4 cm³/mol. The third-order valence-electron chi connectivity index (χ3n) is 2.84. The Morgan fingerprint density at radius 1 is 1.62 bits per heavy atom. The highest BCUT2D eigenvalue weighted by atomic mass is 35.5. The van der Waals surface area contributed by atoms with E-state index in [4.69, 9.17) is 4.74 Å². The molecule has 0 bridgehead atoms. The number of hydrogen-bond donors (Lipinski definition) is 2. The molecule has 0 aromatic carbocycles. The average molecular weight is 329 g/mol. The van der Waals surface area contributed by atoms with Crippen molar-refractivity contribution >= 4 is 24.0 Å². The van der Waals surface area contributed by atoms with Gasteiger partial charge in [0.05, 0.1) is 24.6 Å². The van der Waals surface area contributed by atoms with Crippen molar-refractivity contribution in [3.8, 4) is 0 Å². The summed E-state index contributed by atoms with van der Waals surface area (Å²) < 4.78 is 42.6. The van der Waals surface area contributed by atoms with Crippen LogP contribution in [-0.4, -0.2) is 47.2 Å². The highest BCUT2D eigenvalue weighted by Crippen LogP contribution is 2.18. The second-order valence-corrected chi connectivity index (χ2v) is 4.54. The SMILES string of the molecule is C[C@H]1OCCN[C@@H]1C(=O)Nc1cnn(CC(F)(F)F)c1.Cl. The molecule has 2 N–H and O–H groups in total. The van der Waals surface area contributed by atoms with Crippen LogP contribution in [0.5, 0.6) is 0 Å². The minimum absolute atomic E-state index is 0. The van der Waals surface area contributed by atoms with Crippen molar-refractivity contribution in [2.45, 2.75) is 31.8 Å². The van der Waals surface area contributed by atoms with Crippen LogP contribution in [0.1, 0.15) is 6.92 Å². The van der Waals surface area contributed by atoms with E-state index in [2.05, 4.69) is 15.7 Å². The van der Waals surface area contributed by atoms with Gasteiger partial charge < -0.3 is 15.4 Å². The van der Waals surface area contributed by atoms with Crippen LogP contribution in [0.15, 0.2) is 12.4 Å². The van der Waals surface area contributed by atoms with Crippen molar-refractivity contribution in [3.63, 3.8) is 0 Å². The Balaban J connectivity index is 0.00000220. The van der Waals surface area contributed by atoms with E-state index in [-0.39, 0.29) is 30.1 Å². The number of morpholine rings is 1. The van der Waals surface area contributed by atoms with Crippen molar-refractivity contribution in [1.82, 2.24) is 15.1 Å². The molecule has 2 rings (SSSR count). The lowest BCUT2D eigenvalue weighted by molar-refractivity contribution is -0.142. The summed E-state index contributed by atoms with van der Waals surface area (Å²) in [6, 6.07) is -0.533. The maximum absolute atomic E-state index is 12.2. The number of ether oxygens (including phenoxy) is 1. The van der Waals surface area contributed by atoms with Gasteiger partial charge in [-0.25, -0.2) is 0 Å². The van der Waals surface area contributed by atoms with Crippen LogP contribution in [0.3, 0.4) is 0 Å². The second-order valence-electron chi connectivity index (χ2n) is 4.54. The van der Waals surface area contributed by atoms with E-state index >= 15 is 0 Å². The molecule has 21 heavy (non-hydrogen) atoms. The molecule has 0 spiro atoms. The molecule has 1 aliphatic rings. The Labute approximate surface area is 125 Å². The third-order valence-corrected chi connectivity index (χ3v) is 2.84. The van der Waals surface area contributed by atoms with Gasteiger partial charge in [-0.05, 0) is 6.92 Å². The summed E-state index contributed by atoms with van der Waals surface area (Å²) in [5, 5.41) is 9.05. The number of rotatable bonds is 3. The summed E-state index contributed by atoms with van der Waals surface area (Å²) in [5.74, 6) is -0.358. The van der Waals surface area contributed by atoms with Crippen molar-refractivity contribution in [2.75, 3.05) is 18.5 Å². The molecule has 0 unspecified atom stereocenters. The molecule has 1 fully saturated rings. The van der Waals surface area contributed by atoms with Crippen molar-refractivity contribution in [3.05, 3.63) is 12.4 Å². The molecule has 0 radical (unpaired) electrons. The fourth-order valence-corrected chi connectivity index (χ4v) is 1.95. The Kier molecular flexibility index (Phi) is 5.99. The number of carbonyl (C=O) groups is 1. The Hall–Kier alpha value is -1.32. The smallest absolute Gasteiger partial charge is 0.375 e. The van der Waals surface area contributed by atoms with Crippen molar-refractivity contribution in [1.29, 1.82) is 0 Å². The number of anilines is 1. The van der Waals surface area contributed by atoms with Gasteiger partial charge in [-0.1, -0.05) is 0 Å². The number of alkyl halides is 3. The fraction of sp³-hybridized carbons (Fsp3) is 0.636. The second kappa shape index (κ2) is 7.10. The third kappa shape index (κ3) is 5.18. The molecule has 1 saturated heterocycles. The van der Waals surface area contributed by atoms with Crippen molar-refractivity contribution in [2.24, 2.45) is 0 Å². The number of nitrogens with one attached hydrogen (secondary N) is 2. The first-order chi connectivity index (χ1) is 9.35. The lowest BCUT2D eigenvalue weighted by Gasteiger charge is -2.29. The van der Waals surface area contributed by atoms with Crippen LogP contribution in [0, 0.1) is 0 Å². The monoisotopic (exact) mass is 328 g/mol. The molecule has 1 aromatic rings. The highest BCUT2D eigenvalue weighted by Gasteiger charge is 2.30. The number of amides is 1. The highest BCUT2D eigenvalue weighted by molar-refractivity contribution is 5.95. The Bertz CT molecular complexity index is 480. The maximum Gasteiger partial charge on any atom is 0.408 e. The number of carbonyl (C=O) groups excluding carboxylic acids is 1. The first-order valence-electron chi connectivity index (χ1n) is 6.10. The summed E-state index contributed by atoms with van der Waals surface area (Å²) in [5.41, 5.74) is 0.221. The summed E-state index contributed by atoms with van der Waals surface area (Å²) in [7, 11) is 0. The molecule has 2 atom stereocenters. The topological polar surface area (TPSA) is 68.2 Å². The molecular formula is C11H16ClF3N4O2. The molecule has 0 saturated carbocycles. The van der Waals surface area contributed by atoms with Gasteiger partial charge in [-0.15, -0.1) is 12.4 Å². The summed E-state index contributed by atoms with van der Waals surface area (Å²) >= 11 is 0. The summed E-state index contributed by atoms with van der Waals surface area (Å²) in [6.07, 6.45) is -2.33. The van der Waals surface area contributed by atoms with Gasteiger partial charge in [0.25, 0.3) is 0 Å². The zero-order valence-corrected chi connectivity index (χ0v) is 12.0. The minimum atomic E-state index is -4.35. The van der Waals surface area contributed by atoms with E-state index in [1.807, 2.05) is 0 Å². The van der Waals surface area contributed by atoms with E-state index in [1.165, 1.54) is 6.20 Å². The molecule has 0 aliphatic carbocycles. The normalized spacial score (nSPS) is 22.5. The molecular weight excluding hydrogens is 313 g/mol. The van der Waals surface area contributed by atoms with Crippen LogP contribution in [0.2, 0.25) is 0 Å². The largest absolute Gasteiger partial charge is 0.408 e. The number of nitrogens with zero attached hydrogens (tertiary/aromatic N) is 2. The molecule has 1 aliphatic heterocycles. The van der Waals surface area contributed by atoms with Crippen LogP contribution in [0.4, 0.5) is 18.9 Å². The van der Waals surface area contributed by atoms with Gasteiger partial charge in [-0.3, -0.25) is 9.48 Å². The van der Waals surface area contributed by atoms with Crippen molar-refractivity contribution < 1.29 is 22.7 Å². The lowest BCUT2D eigenvalue weighted by atomic mass is 10.1. The standard InChI is InChI=1S/C11H15F3N4O2.ClH/c1-7-9(15-2-3-20-7)10(19)17-8-4-16-18(5-8)6-11(12,13)14;/h4-5,7,9,15H,2-3,6H2,1H3,(H,17,19);1H/t7-,9+;/m1./s1. The van der Waals surface area contributed by atoms with Crippen LogP contribution in [-0.2, 0) is 16.1 Å². The van der Waals surface area contributed by atoms with Gasteiger partial charge in [0, 0.05) is 12.7 Å². The molecule has 6 nitrogen and oxygen atoms in total. The van der Waals surface area contributed by atoms with E-state index < -0.39 is 18.8 Å².